The van der Waals surface area contributed by atoms with E-state index in [-0.39, 0.29) is 6.04 Å². The molecule has 0 radical (unpaired) electrons. The number of nitrogens with one attached hydrogen (secondary N) is 2. The SMILES string of the molecule is CN(CC1Cc2nc[nH]c2CN1)C1CCS(=O)(=O)C1. The largest absolute Gasteiger partial charge is 0.347 e. The van der Waals surface area contributed by atoms with Crippen LogP contribution in [0.2, 0.25) is 0 Å². The van der Waals surface area contributed by atoms with Crippen LogP contribution in [0.25, 0.3) is 0 Å². The summed E-state index contributed by atoms with van der Waals surface area (Å²) in [5, 5.41) is 3.47. The summed E-state index contributed by atoms with van der Waals surface area (Å²) in [7, 11) is -0.779. The second-order valence-corrected chi connectivity index (χ2v) is 7.83. The Morgan fingerprint density at radius 2 is 2.37 bits per heavy atom. The molecule has 1 saturated heterocycles. The zero-order valence-corrected chi connectivity index (χ0v) is 11.9. The minimum Gasteiger partial charge on any atom is -0.347 e. The Hall–Kier alpha value is -0.920. The van der Waals surface area contributed by atoms with E-state index in [2.05, 4.69) is 20.2 Å². The molecular weight excluding hydrogens is 264 g/mol. The minimum absolute atomic E-state index is 0.174. The highest BCUT2D eigenvalue weighted by molar-refractivity contribution is 7.91. The maximum atomic E-state index is 11.5. The van der Waals surface area contributed by atoms with Crippen molar-refractivity contribution in [1.29, 1.82) is 0 Å². The lowest BCUT2D eigenvalue weighted by Gasteiger charge is -2.30. The van der Waals surface area contributed by atoms with Gasteiger partial charge in [0, 0.05) is 31.6 Å². The van der Waals surface area contributed by atoms with Crippen molar-refractivity contribution in [3.05, 3.63) is 17.7 Å². The average molecular weight is 284 g/mol. The first-order valence-electron chi connectivity index (χ1n) is 6.69. The summed E-state index contributed by atoms with van der Waals surface area (Å²) in [4.78, 5) is 9.64. The van der Waals surface area contributed by atoms with E-state index < -0.39 is 9.84 Å². The summed E-state index contributed by atoms with van der Waals surface area (Å²) >= 11 is 0. The van der Waals surface area contributed by atoms with E-state index in [9.17, 15) is 8.42 Å². The van der Waals surface area contributed by atoms with Gasteiger partial charge < -0.3 is 15.2 Å². The normalized spacial score (nSPS) is 29.6. The van der Waals surface area contributed by atoms with E-state index in [4.69, 9.17) is 0 Å². The lowest BCUT2D eigenvalue weighted by Crippen LogP contribution is -2.46. The van der Waals surface area contributed by atoms with Crippen molar-refractivity contribution in [2.45, 2.75) is 31.5 Å². The van der Waals surface area contributed by atoms with Crippen LogP contribution in [0.1, 0.15) is 17.8 Å². The van der Waals surface area contributed by atoms with Crippen LogP contribution in [0.3, 0.4) is 0 Å². The van der Waals surface area contributed by atoms with E-state index >= 15 is 0 Å². The molecule has 6 nitrogen and oxygen atoms in total. The van der Waals surface area contributed by atoms with Gasteiger partial charge >= 0.3 is 0 Å². The molecule has 1 aromatic heterocycles. The summed E-state index contributed by atoms with van der Waals surface area (Å²) in [6.45, 7) is 1.68. The quantitative estimate of drug-likeness (QED) is 0.785. The number of hydrogen-bond donors (Lipinski definition) is 2. The smallest absolute Gasteiger partial charge is 0.151 e. The Morgan fingerprint density at radius 1 is 1.53 bits per heavy atom. The Balaban J connectivity index is 1.58. The molecule has 0 bridgehead atoms. The number of imidazole rings is 1. The summed E-state index contributed by atoms with van der Waals surface area (Å²) in [6, 6.07) is 0.525. The van der Waals surface area contributed by atoms with Gasteiger partial charge in [-0.15, -0.1) is 0 Å². The van der Waals surface area contributed by atoms with E-state index in [0.29, 0.717) is 17.5 Å². The van der Waals surface area contributed by atoms with Crippen LogP contribution in [0, 0.1) is 0 Å². The molecular formula is C12H20N4O2S. The van der Waals surface area contributed by atoms with Crippen molar-refractivity contribution < 1.29 is 8.42 Å². The van der Waals surface area contributed by atoms with Crippen molar-refractivity contribution in [3.63, 3.8) is 0 Å². The first-order chi connectivity index (χ1) is 9.03. The molecule has 7 heteroatoms. The van der Waals surface area contributed by atoms with Crippen molar-refractivity contribution in [3.8, 4) is 0 Å². The van der Waals surface area contributed by atoms with E-state index in [1.807, 2.05) is 7.05 Å². The van der Waals surface area contributed by atoms with Gasteiger partial charge in [-0.2, -0.15) is 0 Å². The van der Waals surface area contributed by atoms with E-state index in [1.54, 1.807) is 6.33 Å². The third-order valence-corrected chi connectivity index (χ3v) is 5.91. The predicted octanol–water partition coefficient (Wildman–Crippen LogP) is -0.457. The first kappa shape index (κ1) is 13.1. The summed E-state index contributed by atoms with van der Waals surface area (Å²) in [5.74, 6) is 0.646. The predicted molar refractivity (Wildman–Crippen MR) is 72.6 cm³/mol. The number of aromatic nitrogens is 2. The molecule has 3 rings (SSSR count). The van der Waals surface area contributed by atoms with Gasteiger partial charge in [0.15, 0.2) is 9.84 Å². The lowest BCUT2D eigenvalue weighted by molar-refractivity contribution is 0.226. The molecule has 0 saturated carbocycles. The van der Waals surface area contributed by atoms with Crippen LogP contribution in [-0.2, 0) is 22.8 Å². The second kappa shape index (κ2) is 4.88. The molecule has 2 aliphatic heterocycles. The zero-order valence-electron chi connectivity index (χ0n) is 11.1. The van der Waals surface area contributed by atoms with Gasteiger partial charge in [0.25, 0.3) is 0 Å². The monoisotopic (exact) mass is 284 g/mol. The number of rotatable bonds is 3. The third kappa shape index (κ3) is 2.82. The highest BCUT2D eigenvalue weighted by Crippen LogP contribution is 2.18. The molecule has 2 unspecified atom stereocenters. The maximum Gasteiger partial charge on any atom is 0.151 e. The van der Waals surface area contributed by atoms with Gasteiger partial charge in [-0.3, -0.25) is 0 Å². The Labute approximate surface area is 113 Å². The number of nitrogens with zero attached hydrogens (tertiary/aromatic N) is 2. The van der Waals surface area contributed by atoms with Crippen molar-refractivity contribution in [1.82, 2.24) is 20.2 Å². The lowest BCUT2D eigenvalue weighted by atomic mass is 10.0. The van der Waals surface area contributed by atoms with Gasteiger partial charge in [0.1, 0.15) is 0 Å². The number of hydrogen-bond acceptors (Lipinski definition) is 5. The number of sulfone groups is 1. The van der Waals surface area contributed by atoms with Gasteiger partial charge in [-0.1, -0.05) is 0 Å². The van der Waals surface area contributed by atoms with Crippen LogP contribution >= 0.6 is 0 Å². The van der Waals surface area contributed by atoms with Crippen LogP contribution in [0.15, 0.2) is 6.33 Å². The van der Waals surface area contributed by atoms with Gasteiger partial charge in [-0.25, -0.2) is 13.4 Å². The molecule has 0 aromatic carbocycles. The van der Waals surface area contributed by atoms with Crippen LogP contribution in [-0.4, -0.2) is 60.5 Å². The zero-order chi connectivity index (χ0) is 13.5. The van der Waals surface area contributed by atoms with Crippen LogP contribution < -0.4 is 5.32 Å². The third-order valence-electron chi connectivity index (χ3n) is 4.15. The van der Waals surface area contributed by atoms with Crippen LogP contribution in [0.5, 0.6) is 0 Å². The van der Waals surface area contributed by atoms with Gasteiger partial charge in [0.2, 0.25) is 0 Å². The number of fused-ring (bicyclic) bond motifs is 1. The fourth-order valence-corrected chi connectivity index (χ4v) is 4.78. The van der Waals surface area contributed by atoms with E-state index in [1.165, 1.54) is 5.69 Å². The minimum atomic E-state index is -2.80. The molecule has 0 aliphatic carbocycles. The molecule has 0 amide bonds. The molecule has 2 atom stereocenters. The van der Waals surface area contributed by atoms with Gasteiger partial charge in [-0.05, 0) is 13.5 Å². The van der Waals surface area contributed by atoms with Crippen LogP contribution in [0.4, 0.5) is 0 Å². The molecule has 1 fully saturated rings. The van der Waals surface area contributed by atoms with E-state index in [0.717, 1.165) is 31.6 Å². The highest BCUT2D eigenvalue weighted by Gasteiger charge is 2.32. The Kier molecular flexibility index (Phi) is 3.36. The Morgan fingerprint density at radius 3 is 3.11 bits per heavy atom. The average Bonchev–Trinajstić information content (AvgIpc) is 2.94. The van der Waals surface area contributed by atoms with Crippen molar-refractivity contribution in [2.75, 3.05) is 25.1 Å². The highest BCUT2D eigenvalue weighted by atomic mass is 32.2. The van der Waals surface area contributed by atoms with Crippen molar-refractivity contribution in [2.24, 2.45) is 0 Å². The molecule has 2 aliphatic rings. The topological polar surface area (TPSA) is 78.1 Å². The maximum absolute atomic E-state index is 11.5. The molecule has 3 heterocycles. The number of aromatic amines is 1. The summed E-state index contributed by atoms with van der Waals surface area (Å²) in [6.07, 6.45) is 3.41. The summed E-state index contributed by atoms with van der Waals surface area (Å²) in [5.41, 5.74) is 2.30. The Bertz CT molecular complexity index is 554. The molecule has 19 heavy (non-hydrogen) atoms. The first-order valence-corrected chi connectivity index (χ1v) is 8.51. The fraction of sp³-hybridized carbons (Fsp3) is 0.750. The summed E-state index contributed by atoms with van der Waals surface area (Å²) < 4.78 is 23.0. The molecule has 1 aromatic rings. The van der Waals surface area contributed by atoms with Crippen molar-refractivity contribution >= 4 is 9.84 Å². The molecule has 2 N–H and O–H groups in total. The standard InChI is InChI=1S/C12H20N4O2S/c1-16(10-2-3-19(17,18)7-10)6-9-4-11-12(5-13-9)15-8-14-11/h8-10,13H,2-7H2,1H3,(H,14,15). The number of H-pyrrole nitrogens is 1. The van der Waals surface area contributed by atoms with Gasteiger partial charge in [0.05, 0.1) is 29.2 Å². The molecule has 106 valence electrons. The molecule has 0 spiro atoms. The second-order valence-electron chi connectivity index (χ2n) is 5.61. The fourth-order valence-electron chi connectivity index (χ4n) is 2.98. The number of likely N-dealkylation sites (N-methyl/N-ethyl adjacent to an activating group) is 1.